The van der Waals surface area contributed by atoms with E-state index in [2.05, 4.69) is 12.2 Å². The number of thioether (sulfide) groups is 1. The minimum Gasteiger partial charge on any atom is -0.463 e. The lowest BCUT2D eigenvalue weighted by atomic mass is 9.95. The van der Waals surface area contributed by atoms with Gasteiger partial charge in [0.1, 0.15) is 0 Å². The molecule has 0 aliphatic heterocycles. The first-order valence-corrected chi connectivity index (χ1v) is 8.32. The molecule has 0 saturated heterocycles. The van der Waals surface area contributed by atoms with E-state index in [1.54, 1.807) is 0 Å². The van der Waals surface area contributed by atoms with Gasteiger partial charge in [-0.15, -0.1) is 0 Å². The van der Waals surface area contributed by atoms with Crippen molar-refractivity contribution < 1.29 is 14.3 Å². The Labute approximate surface area is 130 Å². The lowest BCUT2D eigenvalue weighted by Gasteiger charge is -2.21. The second-order valence-corrected chi connectivity index (χ2v) is 6.13. The molecule has 1 aliphatic rings. The maximum atomic E-state index is 12.0. The van der Waals surface area contributed by atoms with Gasteiger partial charge in [0.15, 0.2) is 0 Å². The van der Waals surface area contributed by atoms with Crippen molar-refractivity contribution in [1.82, 2.24) is 0 Å². The number of benzene rings is 1. The summed E-state index contributed by atoms with van der Waals surface area (Å²) in [6.45, 7) is 2.79. The van der Waals surface area contributed by atoms with Crippen LogP contribution >= 0.6 is 11.8 Å². The largest absolute Gasteiger partial charge is 0.463 e. The molecule has 0 amide bonds. The minimum absolute atomic E-state index is 0.294. The first-order chi connectivity index (χ1) is 10.3. The number of esters is 1. The molecule has 0 bridgehead atoms. The van der Waals surface area contributed by atoms with Crippen molar-refractivity contribution >= 4 is 17.7 Å². The Hall–Kier alpha value is -1.26. The molecular formula is C17H22O3S. The number of allylic oxidation sites excluding steroid dienone is 2. The molecule has 0 aromatic heterocycles. The molecule has 114 valence electrons. The van der Waals surface area contributed by atoms with E-state index in [0.29, 0.717) is 19.1 Å². The normalized spacial score (nSPS) is 19.2. The van der Waals surface area contributed by atoms with Crippen LogP contribution in [0.5, 0.6) is 0 Å². The van der Waals surface area contributed by atoms with Gasteiger partial charge in [0.2, 0.25) is 5.44 Å². The molecule has 4 heteroatoms. The highest BCUT2D eigenvalue weighted by Crippen LogP contribution is 2.27. The molecule has 2 atom stereocenters. The van der Waals surface area contributed by atoms with Crippen LogP contribution in [-0.2, 0) is 14.3 Å². The van der Waals surface area contributed by atoms with Crippen LogP contribution in [0.1, 0.15) is 26.2 Å². The fourth-order valence-corrected chi connectivity index (χ4v) is 3.09. The molecule has 21 heavy (non-hydrogen) atoms. The van der Waals surface area contributed by atoms with Crippen LogP contribution in [-0.4, -0.2) is 24.6 Å². The van der Waals surface area contributed by atoms with Gasteiger partial charge in [-0.3, -0.25) is 0 Å². The zero-order chi connectivity index (χ0) is 14.9. The molecule has 2 rings (SSSR count). The summed E-state index contributed by atoms with van der Waals surface area (Å²) in [5, 5.41) is 0. The first-order valence-electron chi connectivity index (χ1n) is 7.44. The molecule has 0 N–H and O–H groups in total. The molecule has 0 radical (unpaired) electrons. The lowest BCUT2D eigenvalue weighted by Crippen LogP contribution is -2.26. The molecule has 1 aliphatic carbocycles. The second kappa shape index (κ2) is 8.90. The predicted molar refractivity (Wildman–Crippen MR) is 85.2 cm³/mol. The topological polar surface area (TPSA) is 35.5 Å². The molecular weight excluding hydrogens is 284 g/mol. The van der Waals surface area contributed by atoms with Crippen molar-refractivity contribution in [3.8, 4) is 0 Å². The molecule has 0 saturated carbocycles. The summed E-state index contributed by atoms with van der Waals surface area (Å²) in [5.74, 6) is 0.209. The van der Waals surface area contributed by atoms with E-state index < -0.39 is 5.44 Å². The number of carbonyl (C=O) groups is 1. The molecule has 0 fully saturated rings. The Bertz CT molecular complexity index is 458. The van der Waals surface area contributed by atoms with E-state index in [1.165, 1.54) is 11.8 Å². The van der Waals surface area contributed by atoms with Gasteiger partial charge in [-0.2, -0.15) is 0 Å². The minimum atomic E-state index is -0.585. The van der Waals surface area contributed by atoms with Crippen LogP contribution in [0.25, 0.3) is 0 Å². The van der Waals surface area contributed by atoms with Crippen molar-refractivity contribution in [1.29, 1.82) is 0 Å². The Morgan fingerprint density at radius 2 is 2.14 bits per heavy atom. The summed E-state index contributed by atoms with van der Waals surface area (Å²) >= 11 is 1.41. The van der Waals surface area contributed by atoms with Crippen molar-refractivity contribution in [3.05, 3.63) is 42.5 Å². The molecule has 2 unspecified atom stereocenters. The lowest BCUT2D eigenvalue weighted by molar-refractivity contribution is -0.151. The fourth-order valence-electron chi connectivity index (χ4n) is 2.21. The number of hydrogen-bond donors (Lipinski definition) is 0. The molecule has 1 aromatic rings. The summed E-state index contributed by atoms with van der Waals surface area (Å²) in [7, 11) is 0. The van der Waals surface area contributed by atoms with Crippen LogP contribution in [0.2, 0.25) is 0 Å². The highest BCUT2D eigenvalue weighted by Gasteiger charge is 2.23. The van der Waals surface area contributed by atoms with Crippen LogP contribution < -0.4 is 0 Å². The highest BCUT2D eigenvalue weighted by molar-refractivity contribution is 8.00. The second-order valence-electron chi connectivity index (χ2n) is 5.00. The zero-order valence-electron chi connectivity index (χ0n) is 12.4. The van der Waals surface area contributed by atoms with Crippen LogP contribution in [0.3, 0.4) is 0 Å². The Morgan fingerprint density at radius 3 is 2.81 bits per heavy atom. The van der Waals surface area contributed by atoms with Crippen molar-refractivity contribution in [2.45, 2.75) is 36.5 Å². The van der Waals surface area contributed by atoms with Gasteiger partial charge in [-0.1, -0.05) is 42.1 Å². The zero-order valence-corrected chi connectivity index (χ0v) is 13.2. The average molecular weight is 306 g/mol. The molecule has 0 spiro atoms. The summed E-state index contributed by atoms with van der Waals surface area (Å²) < 4.78 is 11.0. The number of hydrogen-bond acceptors (Lipinski definition) is 4. The van der Waals surface area contributed by atoms with E-state index in [9.17, 15) is 4.79 Å². The summed E-state index contributed by atoms with van der Waals surface area (Å²) in [6, 6.07) is 9.82. The number of rotatable bonds is 7. The fraction of sp³-hybridized carbons (Fsp3) is 0.471. The summed E-state index contributed by atoms with van der Waals surface area (Å²) in [6.07, 6.45) is 7.66. The Kier molecular flexibility index (Phi) is 6.83. The molecule has 0 heterocycles. The predicted octanol–water partition coefficient (Wildman–Crippen LogP) is 4.04. The quantitative estimate of drug-likeness (QED) is 0.330. The van der Waals surface area contributed by atoms with Crippen molar-refractivity contribution in [2.75, 3.05) is 13.2 Å². The van der Waals surface area contributed by atoms with Gasteiger partial charge in [-0.05, 0) is 44.2 Å². The van der Waals surface area contributed by atoms with Gasteiger partial charge < -0.3 is 9.47 Å². The first kappa shape index (κ1) is 16.1. The standard InChI is InChI=1S/C17H22O3S/c1-2-19-16(18)17(21-15-11-7-4-8-12-15)20-13-14-9-5-3-6-10-14/h3-5,7-8,11-12,14,17H,2,6,9-10,13H2,1H3. The SMILES string of the molecule is CCOC(=O)C(OCC1CC=CCC1)Sc1ccccc1. The third-order valence-corrected chi connectivity index (χ3v) is 4.41. The van der Waals surface area contributed by atoms with Gasteiger partial charge in [0.05, 0.1) is 13.2 Å². The summed E-state index contributed by atoms with van der Waals surface area (Å²) in [5.41, 5.74) is -0.585. The van der Waals surface area contributed by atoms with Gasteiger partial charge in [0.25, 0.3) is 0 Å². The van der Waals surface area contributed by atoms with Gasteiger partial charge in [0, 0.05) is 4.90 Å². The molecule has 1 aromatic carbocycles. The van der Waals surface area contributed by atoms with Gasteiger partial charge in [-0.25, -0.2) is 4.79 Å². The maximum Gasteiger partial charge on any atom is 0.346 e. The van der Waals surface area contributed by atoms with Crippen LogP contribution in [0.15, 0.2) is 47.4 Å². The third kappa shape index (κ3) is 5.56. The Morgan fingerprint density at radius 1 is 1.33 bits per heavy atom. The third-order valence-electron chi connectivity index (χ3n) is 3.33. The summed E-state index contributed by atoms with van der Waals surface area (Å²) in [4.78, 5) is 13.1. The van der Waals surface area contributed by atoms with Gasteiger partial charge >= 0.3 is 5.97 Å². The smallest absolute Gasteiger partial charge is 0.346 e. The van der Waals surface area contributed by atoms with Crippen molar-refractivity contribution in [3.63, 3.8) is 0 Å². The van der Waals surface area contributed by atoms with E-state index >= 15 is 0 Å². The average Bonchev–Trinajstić information content (AvgIpc) is 2.53. The Balaban J connectivity index is 1.91. The van der Waals surface area contributed by atoms with Crippen LogP contribution in [0.4, 0.5) is 0 Å². The molecule has 3 nitrogen and oxygen atoms in total. The van der Waals surface area contributed by atoms with E-state index in [1.807, 2.05) is 37.3 Å². The van der Waals surface area contributed by atoms with Crippen molar-refractivity contribution in [2.24, 2.45) is 5.92 Å². The number of ether oxygens (including phenoxy) is 2. The van der Waals surface area contributed by atoms with Crippen LogP contribution in [0, 0.1) is 5.92 Å². The van der Waals surface area contributed by atoms with E-state index in [4.69, 9.17) is 9.47 Å². The van der Waals surface area contributed by atoms with E-state index in [-0.39, 0.29) is 5.97 Å². The number of carbonyl (C=O) groups excluding carboxylic acids is 1. The maximum absolute atomic E-state index is 12.0. The van der Waals surface area contributed by atoms with E-state index in [0.717, 1.165) is 24.2 Å². The monoisotopic (exact) mass is 306 g/mol. The highest BCUT2D eigenvalue weighted by atomic mass is 32.2.